The molecular weight excluding hydrogens is 158 g/mol. The van der Waals surface area contributed by atoms with Crippen LogP contribution in [0.5, 0.6) is 0 Å². The average molecular weight is 173 g/mol. The fourth-order valence-electron chi connectivity index (χ4n) is 0.788. The number of nitrogens with one attached hydrogen (secondary N) is 1. The molecule has 1 amide bonds. The van der Waals surface area contributed by atoms with Crippen LogP contribution >= 0.6 is 0 Å². The minimum absolute atomic E-state index is 0.448. The highest BCUT2D eigenvalue weighted by molar-refractivity contribution is 6.31. The van der Waals surface area contributed by atoms with E-state index in [-0.39, 0.29) is 0 Å². The molecule has 0 aromatic carbocycles. The Kier molecular flexibility index (Phi) is 5.08. The highest BCUT2D eigenvalue weighted by Gasteiger charge is 2.08. The summed E-state index contributed by atoms with van der Waals surface area (Å²) in [6, 6.07) is 0. The molecule has 12 heavy (non-hydrogen) atoms. The molecule has 2 N–H and O–H groups in total. The Hall–Kier alpha value is -1.06. The molecule has 0 aliphatic rings. The molecule has 4 heteroatoms. The summed E-state index contributed by atoms with van der Waals surface area (Å²) in [6.45, 7) is 4.61. The van der Waals surface area contributed by atoms with E-state index in [0.29, 0.717) is 12.5 Å². The van der Waals surface area contributed by atoms with Crippen molar-refractivity contribution in [3.05, 3.63) is 0 Å². The summed E-state index contributed by atoms with van der Waals surface area (Å²) in [5.74, 6) is -1.75. The first-order chi connectivity index (χ1) is 5.54. The topological polar surface area (TPSA) is 66.4 Å². The van der Waals surface area contributed by atoms with Gasteiger partial charge in [0.05, 0.1) is 0 Å². The van der Waals surface area contributed by atoms with E-state index in [1.807, 2.05) is 0 Å². The van der Waals surface area contributed by atoms with Crippen LogP contribution in [0, 0.1) is 5.92 Å². The van der Waals surface area contributed by atoms with Gasteiger partial charge in [-0.1, -0.05) is 13.8 Å². The Bertz CT molecular complexity index is 166. The van der Waals surface area contributed by atoms with Crippen LogP contribution in [-0.4, -0.2) is 23.5 Å². The second kappa shape index (κ2) is 5.57. The molecule has 0 fully saturated rings. The minimum Gasteiger partial charge on any atom is -0.474 e. The van der Waals surface area contributed by atoms with Gasteiger partial charge in [0.2, 0.25) is 0 Å². The molecule has 0 spiro atoms. The first-order valence-electron chi connectivity index (χ1n) is 4.05. The number of hydrogen-bond donors (Lipinski definition) is 2. The number of carboxylic acid groups (broad SMARTS) is 1. The third-order valence-electron chi connectivity index (χ3n) is 1.44. The number of carboxylic acids is 1. The predicted molar refractivity (Wildman–Crippen MR) is 44.7 cm³/mol. The molecule has 0 aromatic heterocycles. The van der Waals surface area contributed by atoms with Gasteiger partial charge in [-0.15, -0.1) is 0 Å². The lowest BCUT2D eigenvalue weighted by molar-refractivity contribution is -0.150. The van der Waals surface area contributed by atoms with Gasteiger partial charge >= 0.3 is 11.9 Å². The maximum atomic E-state index is 10.5. The third-order valence-corrected chi connectivity index (χ3v) is 1.44. The monoisotopic (exact) mass is 173 g/mol. The molecule has 0 aliphatic heterocycles. The van der Waals surface area contributed by atoms with Crippen LogP contribution in [0.3, 0.4) is 0 Å². The molecule has 0 aromatic rings. The highest BCUT2D eigenvalue weighted by Crippen LogP contribution is 2.01. The maximum absolute atomic E-state index is 10.5. The number of carbonyl (C=O) groups excluding carboxylic acids is 1. The molecule has 0 rings (SSSR count). The Labute approximate surface area is 72.0 Å². The summed E-state index contributed by atoms with van der Waals surface area (Å²) in [5.41, 5.74) is 0. The van der Waals surface area contributed by atoms with Crippen molar-refractivity contribution in [2.75, 3.05) is 6.54 Å². The van der Waals surface area contributed by atoms with Crippen LogP contribution in [0.4, 0.5) is 0 Å². The number of aliphatic carboxylic acids is 1. The van der Waals surface area contributed by atoms with Gasteiger partial charge in [-0.25, -0.2) is 4.79 Å². The van der Waals surface area contributed by atoms with Crippen molar-refractivity contribution in [2.24, 2.45) is 5.92 Å². The van der Waals surface area contributed by atoms with Crippen molar-refractivity contribution in [3.63, 3.8) is 0 Å². The Morgan fingerprint density at radius 2 is 2.00 bits per heavy atom. The number of amides is 1. The molecule has 70 valence electrons. The van der Waals surface area contributed by atoms with E-state index in [9.17, 15) is 9.59 Å². The lowest BCUT2D eigenvalue weighted by Crippen LogP contribution is -2.31. The van der Waals surface area contributed by atoms with Crippen molar-refractivity contribution >= 4 is 11.9 Å². The van der Waals surface area contributed by atoms with Crippen molar-refractivity contribution in [3.8, 4) is 0 Å². The molecular formula is C8H15NO3. The summed E-state index contributed by atoms with van der Waals surface area (Å²) < 4.78 is 0. The number of rotatable bonds is 4. The van der Waals surface area contributed by atoms with Crippen molar-refractivity contribution < 1.29 is 14.7 Å². The first-order valence-corrected chi connectivity index (χ1v) is 4.05. The van der Waals surface area contributed by atoms with Crippen molar-refractivity contribution in [1.29, 1.82) is 0 Å². The highest BCUT2D eigenvalue weighted by atomic mass is 16.4. The van der Waals surface area contributed by atoms with Gasteiger partial charge in [0.1, 0.15) is 0 Å². The first kappa shape index (κ1) is 10.9. The zero-order valence-electron chi connectivity index (χ0n) is 7.46. The van der Waals surface area contributed by atoms with Crippen LogP contribution in [0.25, 0.3) is 0 Å². The molecule has 0 bridgehead atoms. The summed E-state index contributed by atoms with van der Waals surface area (Å²) >= 11 is 0. The number of hydrogen-bond acceptors (Lipinski definition) is 2. The molecule has 0 saturated heterocycles. The van der Waals surface area contributed by atoms with Gasteiger partial charge in [0, 0.05) is 6.54 Å². The second-order valence-electron chi connectivity index (χ2n) is 3.10. The summed E-state index contributed by atoms with van der Waals surface area (Å²) in [6.07, 6.45) is 1.83. The van der Waals surface area contributed by atoms with E-state index in [2.05, 4.69) is 19.2 Å². The Morgan fingerprint density at radius 3 is 2.42 bits per heavy atom. The van der Waals surface area contributed by atoms with E-state index in [1.54, 1.807) is 0 Å². The molecule has 0 atom stereocenters. The van der Waals surface area contributed by atoms with Crippen molar-refractivity contribution in [2.45, 2.75) is 26.7 Å². The fourth-order valence-corrected chi connectivity index (χ4v) is 0.788. The molecule has 0 unspecified atom stereocenters. The SMILES string of the molecule is CC(C)CCCNC(=O)C(=O)O. The standard InChI is InChI=1S/C8H15NO3/c1-6(2)4-3-5-9-7(10)8(11)12/h6H,3-5H2,1-2H3,(H,9,10)(H,11,12). The molecule has 0 aliphatic carbocycles. The largest absolute Gasteiger partial charge is 0.474 e. The van der Waals surface area contributed by atoms with Gasteiger partial charge in [-0.3, -0.25) is 4.79 Å². The van der Waals surface area contributed by atoms with E-state index in [1.165, 1.54) is 0 Å². The minimum atomic E-state index is -1.42. The van der Waals surface area contributed by atoms with E-state index in [4.69, 9.17) is 5.11 Å². The fraction of sp³-hybridized carbons (Fsp3) is 0.750. The molecule has 0 saturated carbocycles. The lowest BCUT2D eigenvalue weighted by Gasteiger charge is -2.04. The van der Waals surface area contributed by atoms with Gasteiger partial charge in [0.15, 0.2) is 0 Å². The van der Waals surface area contributed by atoms with Gasteiger partial charge in [0.25, 0.3) is 0 Å². The maximum Gasteiger partial charge on any atom is 0.394 e. The quantitative estimate of drug-likeness (QED) is 0.484. The van der Waals surface area contributed by atoms with Gasteiger partial charge in [-0.05, 0) is 18.8 Å². The summed E-state index contributed by atoms with van der Waals surface area (Å²) in [5, 5.41) is 10.5. The average Bonchev–Trinajstić information content (AvgIpc) is 1.97. The summed E-state index contributed by atoms with van der Waals surface area (Å²) in [7, 11) is 0. The third kappa shape index (κ3) is 5.70. The van der Waals surface area contributed by atoms with Crippen LogP contribution in [0.15, 0.2) is 0 Å². The molecule has 4 nitrogen and oxygen atoms in total. The second-order valence-corrected chi connectivity index (χ2v) is 3.10. The van der Waals surface area contributed by atoms with E-state index < -0.39 is 11.9 Å². The normalized spacial score (nSPS) is 9.92. The Balaban J connectivity index is 3.32. The van der Waals surface area contributed by atoms with Crippen LogP contribution in [0.2, 0.25) is 0 Å². The van der Waals surface area contributed by atoms with Gasteiger partial charge in [-0.2, -0.15) is 0 Å². The van der Waals surface area contributed by atoms with Gasteiger partial charge < -0.3 is 10.4 Å². The zero-order chi connectivity index (χ0) is 9.56. The Morgan fingerprint density at radius 1 is 1.42 bits per heavy atom. The van der Waals surface area contributed by atoms with E-state index >= 15 is 0 Å². The number of carbonyl (C=O) groups is 2. The molecule has 0 radical (unpaired) electrons. The van der Waals surface area contributed by atoms with E-state index in [0.717, 1.165) is 12.8 Å². The predicted octanol–water partition coefficient (Wildman–Crippen LogP) is 0.623. The zero-order valence-corrected chi connectivity index (χ0v) is 7.46. The van der Waals surface area contributed by atoms with Crippen LogP contribution < -0.4 is 5.32 Å². The van der Waals surface area contributed by atoms with Crippen molar-refractivity contribution in [1.82, 2.24) is 5.32 Å². The van der Waals surface area contributed by atoms with Crippen LogP contribution in [-0.2, 0) is 9.59 Å². The lowest BCUT2D eigenvalue weighted by atomic mass is 10.1. The molecule has 0 heterocycles. The van der Waals surface area contributed by atoms with Crippen LogP contribution in [0.1, 0.15) is 26.7 Å². The summed E-state index contributed by atoms with van der Waals surface area (Å²) in [4.78, 5) is 20.5. The smallest absolute Gasteiger partial charge is 0.394 e.